The molecule has 0 aliphatic carbocycles. The van der Waals surface area contributed by atoms with Gasteiger partial charge in [-0.05, 0) is 39.6 Å². The average Bonchev–Trinajstić information content (AvgIpc) is 2.52. The molecule has 0 radical (unpaired) electrons. The summed E-state index contributed by atoms with van der Waals surface area (Å²) in [6.07, 6.45) is 1.80. The molecule has 0 bridgehead atoms. The number of rotatable bonds is 5. The van der Waals surface area contributed by atoms with E-state index in [4.69, 9.17) is 0 Å². The van der Waals surface area contributed by atoms with Crippen LogP contribution in [0.25, 0.3) is 0 Å². The first kappa shape index (κ1) is 19.0. The number of allylic oxidation sites excluding steroid dienone is 2. The summed E-state index contributed by atoms with van der Waals surface area (Å²) in [4.78, 5) is 2.16. The molecule has 0 saturated carbocycles. The highest BCUT2D eigenvalue weighted by Gasteiger charge is 2.25. The van der Waals surface area contributed by atoms with Gasteiger partial charge in [-0.25, -0.2) is 0 Å². The third-order valence-electron chi connectivity index (χ3n) is 3.16. The molecule has 0 fully saturated rings. The van der Waals surface area contributed by atoms with Gasteiger partial charge in [-0.2, -0.15) is 5.10 Å². The molecule has 0 saturated heterocycles. The van der Waals surface area contributed by atoms with Crippen LogP contribution < -0.4 is 4.90 Å². The number of anilines is 1. The van der Waals surface area contributed by atoms with Crippen LogP contribution in [0.4, 0.5) is 5.82 Å². The Balaban J connectivity index is 3.18. The van der Waals surface area contributed by atoms with Crippen LogP contribution in [0.15, 0.2) is 35.2 Å². The number of aromatic nitrogens is 2. The third-order valence-corrected chi connectivity index (χ3v) is 3.54. The highest BCUT2D eigenvalue weighted by molar-refractivity contribution is 9.10. The maximum atomic E-state index is 4.40. The van der Waals surface area contributed by atoms with Crippen molar-refractivity contribution in [2.45, 2.75) is 54.4 Å². The molecule has 3 nitrogen and oxygen atoms in total. The average molecular weight is 368 g/mol. The molecule has 1 aromatic heterocycles. The molecule has 0 unspecified atom stereocenters. The summed E-state index contributed by atoms with van der Waals surface area (Å²) in [7, 11) is 1.95. The Bertz CT molecular complexity index is 528. The zero-order chi connectivity index (χ0) is 17.3. The fourth-order valence-electron chi connectivity index (χ4n) is 2.56. The van der Waals surface area contributed by atoms with Gasteiger partial charge in [0.15, 0.2) is 0 Å². The van der Waals surface area contributed by atoms with Crippen LogP contribution in [0, 0.1) is 10.8 Å². The van der Waals surface area contributed by atoms with E-state index >= 15 is 0 Å². The standard InChI is InChI=1S/C18H30BrN3/c1-13(11-17(3,4)5)22(14(2)12-18(6,7)8)16-10-15(19)20-21(16)9/h10H,1-2,11-12H2,3-9H3. The zero-order valence-electron chi connectivity index (χ0n) is 15.1. The number of hydrogen-bond acceptors (Lipinski definition) is 2. The van der Waals surface area contributed by atoms with Gasteiger partial charge in [0.05, 0.1) is 0 Å². The van der Waals surface area contributed by atoms with Gasteiger partial charge in [-0.3, -0.25) is 4.68 Å². The second-order valence-corrected chi connectivity index (χ2v) is 9.20. The largest absolute Gasteiger partial charge is 0.304 e. The van der Waals surface area contributed by atoms with Gasteiger partial charge in [0.25, 0.3) is 0 Å². The number of aryl methyl sites for hydroxylation is 1. The lowest BCUT2D eigenvalue weighted by Crippen LogP contribution is -2.28. The molecule has 0 aromatic carbocycles. The van der Waals surface area contributed by atoms with E-state index in [-0.39, 0.29) is 10.8 Å². The molecule has 1 rings (SSSR count). The van der Waals surface area contributed by atoms with Crippen molar-refractivity contribution in [2.75, 3.05) is 4.90 Å². The van der Waals surface area contributed by atoms with E-state index in [1.165, 1.54) is 0 Å². The molecule has 0 amide bonds. The summed E-state index contributed by atoms with van der Waals surface area (Å²) in [6.45, 7) is 22.0. The molecule has 124 valence electrons. The first-order chi connectivity index (χ1) is 9.80. The molecular weight excluding hydrogens is 338 g/mol. The van der Waals surface area contributed by atoms with Crippen LogP contribution >= 0.6 is 15.9 Å². The Hall–Kier alpha value is -1.03. The number of hydrogen-bond donors (Lipinski definition) is 0. The SMILES string of the molecule is C=C(CC(C)(C)C)N(C(=C)CC(C)(C)C)c1cc(Br)nn1C. The predicted octanol–water partition coefficient (Wildman–Crippen LogP) is 5.89. The Labute approximate surface area is 144 Å². The first-order valence-electron chi connectivity index (χ1n) is 7.65. The molecular formula is C18H30BrN3. The van der Waals surface area contributed by atoms with Crippen molar-refractivity contribution >= 4 is 21.7 Å². The summed E-state index contributed by atoms with van der Waals surface area (Å²) in [5.41, 5.74) is 2.45. The summed E-state index contributed by atoms with van der Waals surface area (Å²) in [6, 6.07) is 2.02. The van der Waals surface area contributed by atoms with Gasteiger partial charge in [0, 0.05) is 24.5 Å². The Morgan fingerprint density at radius 2 is 1.50 bits per heavy atom. The summed E-state index contributed by atoms with van der Waals surface area (Å²) >= 11 is 3.45. The van der Waals surface area contributed by atoms with Crippen molar-refractivity contribution in [1.29, 1.82) is 0 Å². The Morgan fingerprint density at radius 1 is 1.09 bits per heavy atom. The van der Waals surface area contributed by atoms with Gasteiger partial charge in [-0.1, -0.05) is 54.7 Å². The Kier molecular flexibility index (Phi) is 5.71. The van der Waals surface area contributed by atoms with Gasteiger partial charge in [0.2, 0.25) is 0 Å². The van der Waals surface area contributed by atoms with E-state index in [9.17, 15) is 0 Å². The normalized spacial score (nSPS) is 12.4. The monoisotopic (exact) mass is 367 g/mol. The summed E-state index contributed by atoms with van der Waals surface area (Å²) in [5, 5.41) is 4.40. The van der Waals surface area contributed by atoms with Crippen molar-refractivity contribution in [2.24, 2.45) is 17.9 Å². The maximum Gasteiger partial charge on any atom is 0.136 e. The molecule has 22 heavy (non-hydrogen) atoms. The molecule has 0 N–H and O–H groups in total. The quantitative estimate of drug-likeness (QED) is 0.646. The number of nitrogens with zero attached hydrogens (tertiary/aromatic N) is 3. The van der Waals surface area contributed by atoms with Gasteiger partial charge >= 0.3 is 0 Å². The van der Waals surface area contributed by atoms with Crippen LogP contribution in [0.1, 0.15) is 54.4 Å². The highest BCUT2D eigenvalue weighted by Crippen LogP contribution is 2.35. The second kappa shape index (κ2) is 6.61. The molecule has 0 aliphatic rings. The Morgan fingerprint density at radius 3 is 1.77 bits per heavy atom. The fourth-order valence-corrected chi connectivity index (χ4v) is 3.01. The zero-order valence-corrected chi connectivity index (χ0v) is 16.7. The lowest BCUT2D eigenvalue weighted by Gasteiger charge is -2.34. The van der Waals surface area contributed by atoms with E-state index < -0.39 is 0 Å². The number of halogens is 1. The van der Waals surface area contributed by atoms with Crippen molar-refractivity contribution in [3.8, 4) is 0 Å². The minimum absolute atomic E-state index is 0.174. The van der Waals surface area contributed by atoms with Gasteiger partial charge < -0.3 is 4.90 Å². The maximum absolute atomic E-state index is 4.40. The van der Waals surface area contributed by atoms with Crippen LogP contribution in [0.3, 0.4) is 0 Å². The predicted molar refractivity (Wildman–Crippen MR) is 99.8 cm³/mol. The van der Waals surface area contributed by atoms with E-state index in [2.05, 4.69) is 80.6 Å². The molecule has 0 atom stereocenters. The highest BCUT2D eigenvalue weighted by atomic mass is 79.9. The van der Waals surface area contributed by atoms with Crippen molar-refractivity contribution in [3.63, 3.8) is 0 Å². The summed E-state index contributed by atoms with van der Waals surface area (Å²) < 4.78 is 2.69. The van der Waals surface area contributed by atoms with Crippen molar-refractivity contribution in [1.82, 2.24) is 9.78 Å². The lowest BCUT2D eigenvalue weighted by atomic mass is 9.88. The molecule has 0 aliphatic heterocycles. The minimum atomic E-state index is 0.174. The molecule has 1 heterocycles. The molecule has 1 aromatic rings. The fraction of sp³-hybridized carbons (Fsp3) is 0.611. The van der Waals surface area contributed by atoms with Crippen LogP contribution in [0.2, 0.25) is 0 Å². The first-order valence-corrected chi connectivity index (χ1v) is 8.45. The molecule has 0 spiro atoms. The smallest absolute Gasteiger partial charge is 0.136 e. The minimum Gasteiger partial charge on any atom is -0.304 e. The van der Waals surface area contributed by atoms with Crippen molar-refractivity contribution < 1.29 is 0 Å². The van der Waals surface area contributed by atoms with Crippen LogP contribution in [-0.4, -0.2) is 9.78 Å². The van der Waals surface area contributed by atoms with E-state index in [1.807, 2.05) is 17.8 Å². The molecule has 4 heteroatoms. The summed E-state index contributed by atoms with van der Waals surface area (Å²) in [5.74, 6) is 0.996. The lowest BCUT2D eigenvalue weighted by molar-refractivity contribution is 0.393. The van der Waals surface area contributed by atoms with Gasteiger partial charge in [0.1, 0.15) is 10.4 Å². The van der Waals surface area contributed by atoms with Crippen LogP contribution in [-0.2, 0) is 7.05 Å². The van der Waals surface area contributed by atoms with Crippen molar-refractivity contribution in [3.05, 3.63) is 35.2 Å². The second-order valence-electron chi connectivity index (χ2n) is 8.39. The van der Waals surface area contributed by atoms with Crippen LogP contribution in [0.5, 0.6) is 0 Å². The van der Waals surface area contributed by atoms with E-state index in [0.717, 1.165) is 34.7 Å². The third kappa shape index (κ3) is 5.64. The van der Waals surface area contributed by atoms with E-state index in [0.29, 0.717) is 0 Å². The van der Waals surface area contributed by atoms with E-state index in [1.54, 1.807) is 0 Å². The topological polar surface area (TPSA) is 21.1 Å². The van der Waals surface area contributed by atoms with Gasteiger partial charge in [-0.15, -0.1) is 0 Å².